The molecule has 0 bridgehead atoms. The third-order valence-electron chi connectivity index (χ3n) is 3.72. The highest BCUT2D eigenvalue weighted by molar-refractivity contribution is 5.86. The van der Waals surface area contributed by atoms with Crippen molar-refractivity contribution in [1.29, 1.82) is 0 Å². The van der Waals surface area contributed by atoms with Crippen molar-refractivity contribution in [3.8, 4) is 0 Å². The number of carbonyl (C=O) groups excluding carboxylic acids is 1. The summed E-state index contributed by atoms with van der Waals surface area (Å²) in [7, 11) is 0. The SMILES string of the molecule is CC1(O)CC[C@]2(C)C(=O)CCC[C@@H]2O1. The predicted octanol–water partition coefficient (Wildman–Crippen LogP) is 1.63. The van der Waals surface area contributed by atoms with Crippen LogP contribution in [0.4, 0.5) is 0 Å². The molecule has 0 aromatic heterocycles. The average molecular weight is 198 g/mol. The molecule has 3 heteroatoms. The Hall–Kier alpha value is -0.410. The molecule has 0 aromatic carbocycles. The quantitative estimate of drug-likeness (QED) is 0.643. The van der Waals surface area contributed by atoms with Crippen molar-refractivity contribution >= 4 is 5.78 Å². The Bertz CT molecular complexity index is 259. The molecule has 3 nitrogen and oxygen atoms in total. The van der Waals surface area contributed by atoms with Crippen LogP contribution >= 0.6 is 0 Å². The largest absolute Gasteiger partial charge is 0.366 e. The van der Waals surface area contributed by atoms with E-state index in [-0.39, 0.29) is 11.5 Å². The van der Waals surface area contributed by atoms with Gasteiger partial charge >= 0.3 is 0 Å². The van der Waals surface area contributed by atoms with Crippen LogP contribution in [0.5, 0.6) is 0 Å². The highest BCUT2D eigenvalue weighted by Gasteiger charge is 2.50. The van der Waals surface area contributed by atoms with E-state index in [0.29, 0.717) is 18.6 Å². The van der Waals surface area contributed by atoms with Gasteiger partial charge in [-0.25, -0.2) is 0 Å². The lowest BCUT2D eigenvalue weighted by Gasteiger charge is -2.48. The molecule has 2 aliphatic rings. The number of fused-ring (bicyclic) bond motifs is 1. The molecular formula is C11H18O3. The Labute approximate surface area is 84.4 Å². The number of aliphatic hydroxyl groups is 1. The van der Waals surface area contributed by atoms with Crippen molar-refractivity contribution in [3.05, 3.63) is 0 Å². The minimum Gasteiger partial charge on any atom is -0.366 e. The van der Waals surface area contributed by atoms with Crippen LogP contribution in [-0.4, -0.2) is 22.8 Å². The molecule has 1 aliphatic carbocycles. The van der Waals surface area contributed by atoms with Crippen LogP contribution in [0, 0.1) is 5.41 Å². The molecule has 3 atom stereocenters. The van der Waals surface area contributed by atoms with Crippen LogP contribution in [0.3, 0.4) is 0 Å². The number of hydrogen-bond acceptors (Lipinski definition) is 3. The monoisotopic (exact) mass is 198 g/mol. The molecule has 1 unspecified atom stereocenters. The van der Waals surface area contributed by atoms with E-state index in [9.17, 15) is 9.90 Å². The Morgan fingerprint density at radius 3 is 2.86 bits per heavy atom. The first kappa shape index (κ1) is 10.1. The molecule has 0 radical (unpaired) electrons. The lowest BCUT2D eigenvalue weighted by atomic mass is 9.67. The molecule has 1 N–H and O–H groups in total. The molecule has 80 valence electrons. The van der Waals surface area contributed by atoms with E-state index in [2.05, 4.69) is 0 Å². The summed E-state index contributed by atoms with van der Waals surface area (Å²) in [4.78, 5) is 11.8. The predicted molar refractivity (Wildman–Crippen MR) is 51.7 cm³/mol. The standard InChI is InChI=1S/C11H18O3/c1-10-6-7-11(2,13)14-9(10)5-3-4-8(10)12/h9,13H,3-7H2,1-2H3/t9-,10+,11?/m0/s1. The van der Waals surface area contributed by atoms with E-state index < -0.39 is 5.79 Å². The maximum atomic E-state index is 11.8. The third-order valence-corrected chi connectivity index (χ3v) is 3.72. The van der Waals surface area contributed by atoms with Gasteiger partial charge in [0.1, 0.15) is 5.78 Å². The zero-order valence-electron chi connectivity index (χ0n) is 8.88. The van der Waals surface area contributed by atoms with Crippen molar-refractivity contribution in [3.63, 3.8) is 0 Å². The zero-order chi connectivity index (χ0) is 10.4. The van der Waals surface area contributed by atoms with Gasteiger partial charge in [-0.15, -0.1) is 0 Å². The van der Waals surface area contributed by atoms with Gasteiger partial charge in [0.25, 0.3) is 0 Å². The second-order valence-corrected chi connectivity index (χ2v) is 5.01. The van der Waals surface area contributed by atoms with Crippen molar-refractivity contribution in [2.75, 3.05) is 0 Å². The summed E-state index contributed by atoms with van der Waals surface area (Å²) in [6, 6.07) is 0. The van der Waals surface area contributed by atoms with Gasteiger partial charge in [-0.2, -0.15) is 0 Å². The number of hydrogen-bond donors (Lipinski definition) is 1. The van der Waals surface area contributed by atoms with Gasteiger partial charge in [-0.3, -0.25) is 4.79 Å². The van der Waals surface area contributed by atoms with Gasteiger partial charge in [0.15, 0.2) is 5.79 Å². The molecule has 2 fully saturated rings. The number of ketones is 1. The van der Waals surface area contributed by atoms with Crippen molar-refractivity contribution in [1.82, 2.24) is 0 Å². The van der Waals surface area contributed by atoms with Gasteiger partial charge in [-0.05, 0) is 26.2 Å². The number of carbonyl (C=O) groups is 1. The minimum absolute atomic E-state index is 0.0764. The van der Waals surface area contributed by atoms with Crippen molar-refractivity contribution < 1.29 is 14.6 Å². The fraction of sp³-hybridized carbons (Fsp3) is 0.909. The van der Waals surface area contributed by atoms with Gasteiger partial charge in [0, 0.05) is 12.8 Å². The Balaban J connectivity index is 2.20. The lowest BCUT2D eigenvalue weighted by molar-refractivity contribution is -0.274. The number of ether oxygens (including phenoxy) is 1. The zero-order valence-corrected chi connectivity index (χ0v) is 8.88. The van der Waals surface area contributed by atoms with Crippen LogP contribution in [0.1, 0.15) is 46.0 Å². The lowest BCUT2D eigenvalue weighted by Crippen LogP contribution is -2.53. The Morgan fingerprint density at radius 1 is 1.43 bits per heavy atom. The first-order chi connectivity index (χ1) is 6.44. The molecule has 1 saturated heterocycles. The molecule has 0 amide bonds. The molecular weight excluding hydrogens is 180 g/mol. The van der Waals surface area contributed by atoms with E-state index in [1.807, 2.05) is 6.92 Å². The van der Waals surface area contributed by atoms with Gasteiger partial charge in [-0.1, -0.05) is 6.92 Å². The van der Waals surface area contributed by atoms with Crippen LogP contribution in [0.25, 0.3) is 0 Å². The molecule has 1 heterocycles. The summed E-state index contributed by atoms with van der Waals surface area (Å²) >= 11 is 0. The summed E-state index contributed by atoms with van der Waals surface area (Å²) in [5, 5.41) is 9.78. The first-order valence-corrected chi connectivity index (χ1v) is 5.38. The second-order valence-electron chi connectivity index (χ2n) is 5.01. The van der Waals surface area contributed by atoms with Gasteiger partial charge in [0.05, 0.1) is 11.5 Å². The van der Waals surface area contributed by atoms with Crippen LogP contribution < -0.4 is 0 Å². The number of rotatable bonds is 0. The Kier molecular flexibility index (Phi) is 2.20. The first-order valence-electron chi connectivity index (χ1n) is 5.38. The Morgan fingerprint density at radius 2 is 2.14 bits per heavy atom. The van der Waals surface area contributed by atoms with Crippen LogP contribution in [-0.2, 0) is 9.53 Å². The van der Waals surface area contributed by atoms with E-state index in [1.165, 1.54) is 0 Å². The van der Waals surface area contributed by atoms with Crippen molar-refractivity contribution in [2.45, 2.75) is 57.8 Å². The highest BCUT2D eigenvalue weighted by Crippen LogP contribution is 2.45. The third kappa shape index (κ3) is 1.48. The maximum Gasteiger partial charge on any atom is 0.163 e. The normalized spacial score (nSPS) is 48.8. The fourth-order valence-corrected chi connectivity index (χ4v) is 2.58. The topological polar surface area (TPSA) is 46.5 Å². The van der Waals surface area contributed by atoms with Crippen LogP contribution in [0.15, 0.2) is 0 Å². The van der Waals surface area contributed by atoms with E-state index in [4.69, 9.17) is 4.74 Å². The van der Waals surface area contributed by atoms with Crippen LogP contribution in [0.2, 0.25) is 0 Å². The average Bonchev–Trinajstić information content (AvgIpc) is 2.09. The van der Waals surface area contributed by atoms with Gasteiger partial charge in [0.2, 0.25) is 0 Å². The van der Waals surface area contributed by atoms with E-state index >= 15 is 0 Å². The summed E-state index contributed by atoms with van der Waals surface area (Å²) in [6.45, 7) is 3.67. The summed E-state index contributed by atoms with van der Waals surface area (Å²) < 4.78 is 5.59. The maximum absolute atomic E-state index is 11.8. The number of Topliss-reactive ketones (excluding diaryl/α,β-unsaturated/α-hetero) is 1. The molecule has 14 heavy (non-hydrogen) atoms. The van der Waals surface area contributed by atoms with Crippen molar-refractivity contribution in [2.24, 2.45) is 5.41 Å². The second kappa shape index (κ2) is 3.04. The highest BCUT2D eigenvalue weighted by atomic mass is 16.6. The summed E-state index contributed by atoms with van der Waals surface area (Å²) in [6.07, 6.45) is 3.72. The summed E-state index contributed by atoms with van der Waals surface area (Å²) in [5.41, 5.74) is -0.333. The van der Waals surface area contributed by atoms with Gasteiger partial charge < -0.3 is 9.84 Å². The van der Waals surface area contributed by atoms with E-state index in [1.54, 1.807) is 6.92 Å². The molecule has 2 rings (SSSR count). The fourth-order valence-electron chi connectivity index (χ4n) is 2.58. The molecule has 0 aromatic rings. The molecule has 1 aliphatic heterocycles. The van der Waals surface area contributed by atoms with E-state index in [0.717, 1.165) is 19.3 Å². The molecule has 0 spiro atoms. The smallest absolute Gasteiger partial charge is 0.163 e. The summed E-state index contributed by atoms with van der Waals surface area (Å²) in [5.74, 6) is -0.717. The molecule has 1 saturated carbocycles. The minimum atomic E-state index is -1.03.